The number of hydrogen-bond acceptors (Lipinski definition) is 2. The molecule has 1 aliphatic carbocycles. The summed E-state index contributed by atoms with van der Waals surface area (Å²) in [6, 6.07) is 8.22. The van der Waals surface area contributed by atoms with Crippen molar-refractivity contribution in [2.45, 2.75) is 59.3 Å². The van der Waals surface area contributed by atoms with Crippen molar-refractivity contribution in [2.75, 3.05) is 6.61 Å². The Morgan fingerprint density at radius 1 is 1.09 bits per heavy atom. The first-order valence-corrected chi connectivity index (χ1v) is 8.55. The maximum atomic E-state index is 10.9. The second kappa shape index (κ2) is 10.3. The van der Waals surface area contributed by atoms with Crippen LogP contribution in [0, 0.1) is 11.8 Å². The number of rotatable bonds is 5. The van der Waals surface area contributed by atoms with Crippen LogP contribution in [0.4, 0.5) is 0 Å². The predicted octanol–water partition coefficient (Wildman–Crippen LogP) is 4.94. The van der Waals surface area contributed by atoms with Gasteiger partial charge in [-0.2, -0.15) is 0 Å². The van der Waals surface area contributed by atoms with Crippen molar-refractivity contribution in [3.63, 3.8) is 0 Å². The minimum Gasteiger partial charge on any atom is -0.493 e. The Balaban J connectivity index is 0.000000745. The summed E-state index contributed by atoms with van der Waals surface area (Å²) in [4.78, 5) is 10.9. The summed E-state index contributed by atoms with van der Waals surface area (Å²) in [6.07, 6.45) is 5.80. The third-order valence-corrected chi connectivity index (χ3v) is 4.01. The molecule has 0 bridgehead atoms. The first-order valence-electron chi connectivity index (χ1n) is 8.55. The van der Waals surface area contributed by atoms with Crippen LogP contribution in [0.15, 0.2) is 24.3 Å². The van der Waals surface area contributed by atoms with Crippen LogP contribution in [-0.4, -0.2) is 17.7 Å². The summed E-state index contributed by atoms with van der Waals surface area (Å²) >= 11 is 0. The molecule has 1 N–H and O–H groups in total. The van der Waals surface area contributed by atoms with Crippen molar-refractivity contribution in [1.29, 1.82) is 0 Å². The Morgan fingerprint density at radius 3 is 2.09 bits per heavy atom. The molecule has 0 heterocycles. The third kappa shape index (κ3) is 6.50. The van der Waals surface area contributed by atoms with E-state index < -0.39 is 5.97 Å². The third-order valence-electron chi connectivity index (χ3n) is 4.01. The van der Waals surface area contributed by atoms with Gasteiger partial charge in [-0.25, -0.2) is 0 Å². The smallest absolute Gasteiger partial charge is 0.306 e. The number of carboxylic acids is 1. The lowest BCUT2D eigenvalue weighted by Crippen LogP contribution is -2.24. The largest absolute Gasteiger partial charge is 0.493 e. The summed E-state index contributed by atoms with van der Waals surface area (Å²) in [7, 11) is 0. The lowest BCUT2D eigenvalue weighted by atomic mass is 9.82. The zero-order valence-corrected chi connectivity index (χ0v) is 14.2. The minimum absolute atomic E-state index is 0.139. The Morgan fingerprint density at radius 2 is 1.64 bits per heavy atom. The van der Waals surface area contributed by atoms with Crippen LogP contribution in [-0.2, 0) is 11.2 Å². The number of aliphatic carboxylic acids is 1. The van der Waals surface area contributed by atoms with Crippen LogP contribution in [0.25, 0.3) is 0 Å². The summed E-state index contributed by atoms with van der Waals surface area (Å²) in [5, 5.41) is 8.95. The maximum absolute atomic E-state index is 10.9. The number of benzene rings is 1. The zero-order chi connectivity index (χ0) is 16.4. The lowest BCUT2D eigenvalue weighted by molar-refractivity contribution is -0.143. The SMILES string of the molecule is CCC.CCc1ccc(OCC2CCC(C(=O)O)CC2)cc1. The fourth-order valence-corrected chi connectivity index (χ4v) is 2.61. The maximum Gasteiger partial charge on any atom is 0.306 e. The predicted molar refractivity (Wildman–Crippen MR) is 90.4 cm³/mol. The van der Waals surface area contributed by atoms with E-state index >= 15 is 0 Å². The molecule has 3 nitrogen and oxygen atoms in total. The zero-order valence-electron chi connectivity index (χ0n) is 14.2. The van der Waals surface area contributed by atoms with Gasteiger partial charge >= 0.3 is 5.97 Å². The first-order chi connectivity index (χ1) is 10.6. The summed E-state index contributed by atoms with van der Waals surface area (Å²) in [6.45, 7) is 7.09. The van der Waals surface area contributed by atoms with Gasteiger partial charge in [-0.1, -0.05) is 39.3 Å². The Bertz CT molecular complexity index is 417. The van der Waals surface area contributed by atoms with Gasteiger partial charge in [0.1, 0.15) is 5.75 Å². The van der Waals surface area contributed by atoms with Gasteiger partial charge in [0.2, 0.25) is 0 Å². The number of carbonyl (C=O) groups is 1. The van der Waals surface area contributed by atoms with Crippen LogP contribution in [0.3, 0.4) is 0 Å². The molecule has 0 aliphatic heterocycles. The molecule has 0 aromatic heterocycles. The molecular weight excluding hydrogens is 276 g/mol. The number of hydrogen-bond donors (Lipinski definition) is 1. The Kier molecular flexibility index (Phi) is 8.64. The van der Waals surface area contributed by atoms with Gasteiger partial charge in [-0.05, 0) is 55.7 Å². The summed E-state index contributed by atoms with van der Waals surface area (Å²) in [5.41, 5.74) is 1.31. The summed E-state index contributed by atoms with van der Waals surface area (Å²) < 4.78 is 5.79. The molecule has 1 aromatic rings. The average Bonchev–Trinajstić information content (AvgIpc) is 2.54. The van der Waals surface area contributed by atoms with Crippen LogP contribution in [0.5, 0.6) is 5.75 Å². The van der Waals surface area contributed by atoms with Gasteiger partial charge in [0.15, 0.2) is 0 Å². The second-order valence-electron chi connectivity index (χ2n) is 6.07. The van der Waals surface area contributed by atoms with Crippen molar-refractivity contribution in [2.24, 2.45) is 11.8 Å². The topological polar surface area (TPSA) is 46.5 Å². The average molecular weight is 306 g/mol. The molecule has 2 rings (SSSR count). The molecule has 1 aliphatic rings. The molecule has 0 amide bonds. The van der Waals surface area contributed by atoms with Gasteiger partial charge in [0.25, 0.3) is 0 Å². The van der Waals surface area contributed by atoms with E-state index in [0.717, 1.165) is 37.9 Å². The highest BCUT2D eigenvalue weighted by molar-refractivity contribution is 5.69. The molecule has 0 atom stereocenters. The van der Waals surface area contributed by atoms with E-state index in [2.05, 4.69) is 32.9 Å². The van der Waals surface area contributed by atoms with Crippen LogP contribution in [0.2, 0.25) is 0 Å². The van der Waals surface area contributed by atoms with Gasteiger partial charge in [0.05, 0.1) is 12.5 Å². The Labute approximate surface area is 134 Å². The molecule has 0 unspecified atom stereocenters. The quantitative estimate of drug-likeness (QED) is 0.838. The van der Waals surface area contributed by atoms with Crippen molar-refractivity contribution in [3.8, 4) is 5.75 Å². The molecule has 0 saturated heterocycles. The molecule has 0 spiro atoms. The number of ether oxygens (including phenoxy) is 1. The summed E-state index contributed by atoms with van der Waals surface area (Å²) in [5.74, 6) is 0.633. The fraction of sp³-hybridized carbons (Fsp3) is 0.632. The number of aryl methyl sites for hydroxylation is 1. The molecule has 1 saturated carbocycles. The van der Waals surface area contributed by atoms with Gasteiger partial charge in [-0.15, -0.1) is 0 Å². The molecule has 3 heteroatoms. The highest BCUT2D eigenvalue weighted by Crippen LogP contribution is 2.29. The van der Waals surface area contributed by atoms with E-state index in [4.69, 9.17) is 9.84 Å². The molecule has 1 aromatic carbocycles. The minimum atomic E-state index is -0.644. The molecule has 124 valence electrons. The van der Waals surface area contributed by atoms with Crippen LogP contribution >= 0.6 is 0 Å². The molecule has 22 heavy (non-hydrogen) atoms. The van der Waals surface area contributed by atoms with Gasteiger partial charge in [-0.3, -0.25) is 4.79 Å². The van der Waals surface area contributed by atoms with E-state index in [1.54, 1.807) is 0 Å². The monoisotopic (exact) mass is 306 g/mol. The fourth-order valence-electron chi connectivity index (χ4n) is 2.61. The van der Waals surface area contributed by atoms with Crippen molar-refractivity contribution in [3.05, 3.63) is 29.8 Å². The highest BCUT2D eigenvalue weighted by atomic mass is 16.5. The highest BCUT2D eigenvalue weighted by Gasteiger charge is 2.26. The second-order valence-corrected chi connectivity index (χ2v) is 6.07. The van der Waals surface area contributed by atoms with E-state index in [-0.39, 0.29) is 5.92 Å². The standard InChI is InChI=1S/C16H22O3.C3H8/c1-2-12-5-9-15(10-6-12)19-11-13-3-7-14(8-4-13)16(17)18;1-3-2/h5-6,9-10,13-14H,2-4,7-8,11H2,1H3,(H,17,18);3H2,1-2H3. The Hall–Kier alpha value is -1.51. The lowest BCUT2D eigenvalue weighted by Gasteiger charge is -2.25. The first kappa shape index (κ1) is 18.5. The molecule has 0 radical (unpaired) electrons. The molecular formula is C19H30O3. The van der Waals surface area contributed by atoms with Crippen LogP contribution < -0.4 is 4.74 Å². The van der Waals surface area contributed by atoms with E-state index in [9.17, 15) is 4.79 Å². The number of carboxylic acid groups (broad SMARTS) is 1. The van der Waals surface area contributed by atoms with E-state index in [0.29, 0.717) is 12.5 Å². The van der Waals surface area contributed by atoms with Crippen LogP contribution in [0.1, 0.15) is 58.4 Å². The van der Waals surface area contributed by atoms with Crippen molar-refractivity contribution in [1.82, 2.24) is 0 Å². The van der Waals surface area contributed by atoms with Crippen molar-refractivity contribution < 1.29 is 14.6 Å². The van der Waals surface area contributed by atoms with Crippen molar-refractivity contribution >= 4 is 5.97 Å². The van der Waals surface area contributed by atoms with Gasteiger partial charge in [0, 0.05) is 0 Å². The van der Waals surface area contributed by atoms with Gasteiger partial charge < -0.3 is 9.84 Å². The van der Waals surface area contributed by atoms with E-state index in [1.165, 1.54) is 12.0 Å². The molecule has 1 fully saturated rings. The van der Waals surface area contributed by atoms with E-state index in [1.807, 2.05) is 12.1 Å². The normalized spacial score (nSPS) is 20.7.